The molecule has 5 heteroatoms. The van der Waals surface area contributed by atoms with E-state index in [0.29, 0.717) is 16.6 Å². The van der Waals surface area contributed by atoms with E-state index in [4.69, 9.17) is 4.74 Å². The normalized spacial score (nSPS) is 13.8. The van der Waals surface area contributed by atoms with Crippen molar-refractivity contribution in [2.45, 2.75) is 12.5 Å². The van der Waals surface area contributed by atoms with Crippen LogP contribution in [0.2, 0.25) is 0 Å². The van der Waals surface area contributed by atoms with Gasteiger partial charge in [0, 0.05) is 11.0 Å². The molecule has 0 saturated carbocycles. The van der Waals surface area contributed by atoms with Gasteiger partial charge in [-0.15, -0.1) is 6.58 Å². The zero-order chi connectivity index (χ0) is 13.8. The predicted molar refractivity (Wildman–Crippen MR) is 71.7 cm³/mol. The second kappa shape index (κ2) is 6.11. The Labute approximate surface area is 114 Å². The minimum atomic E-state index is -1.06. The predicted octanol–water partition coefficient (Wildman–Crippen LogP) is 2.75. The molecule has 1 aromatic carbocycles. The fourth-order valence-corrected chi connectivity index (χ4v) is 2.40. The van der Waals surface area contributed by atoms with Gasteiger partial charge in [-0.2, -0.15) is 0 Å². The molecule has 1 N–H and O–H groups in total. The molecule has 1 atom stereocenters. The molecule has 0 saturated heterocycles. The topological polar surface area (TPSA) is 38.3 Å². The number of rotatable bonds is 5. The molecule has 0 aromatic heterocycles. The summed E-state index contributed by atoms with van der Waals surface area (Å²) in [7, 11) is 1.31. The van der Waals surface area contributed by atoms with Gasteiger partial charge < -0.3 is 4.74 Å². The van der Waals surface area contributed by atoms with Gasteiger partial charge in [-0.05, 0) is 24.6 Å². The molecule has 0 amide bonds. The van der Waals surface area contributed by atoms with Crippen molar-refractivity contribution in [3.05, 3.63) is 46.7 Å². The van der Waals surface area contributed by atoms with Crippen molar-refractivity contribution in [2.75, 3.05) is 13.7 Å². The van der Waals surface area contributed by atoms with Crippen LogP contribution >= 0.6 is 15.9 Å². The molecule has 0 fully saturated rings. The van der Waals surface area contributed by atoms with Crippen LogP contribution in [-0.2, 0) is 15.1 Å². The van der Waals surface area contributed by atoms with Crippen LogP contribution in [0.3, 0.4) is 0 Å². The Morgan fingerprint density at radius 1 is 1.67 bits per heavy atom. The maximum Gasteiger partial charge on any atom is 0.330 e. The minimum absolute atomic E-state index is 0.374. The average Bonchev–Trinajstić information content (AvgIpc) is 2.34. The molecule has 0 spiro atoms. The molecule has 0 aliphatic heterocycles. The molecular formula is C13H15BrFNO2. The number of hydrogen-bond acceptors (Lipinski definition) is 3. The van der Waals surface area contributed by atoms with Crippen molar-refractivity contribution in [2.24, 2.45) is 0 Å². The molecule has 98 valence electrons. The first kappa shape index (κ1) is 14.9. The second-order valence-corrected chi connectivity index (χ2v) is 4.76. The van der Waals surface area contributed by atoms with Crippen LogP contribution in [0, 0.1) is 5.82 Å². The lowest BCUT2D eigenvalue weighted by atomic mass is 9.92. The standard InChI is InChI=1S/C13H15BrFNO2/c1-4-7-16-13(2,12(17)18-3)10-6-5-9(15)8-11(10)14/h4-6,8,16H,1,7H2,2-3H3. The van der Waals surface area contributed by atoms with Gasteiger partial charge in [0.05, 0.1) is 7.11 Å². The number of halogens is 2. The van der Waals surface area contributed by atoms with Crippen molar-refractivity contribution in [3.8, 4) is 0 Å². The van der Waals surface area contributed by atoms with Crippen molar-refractivity contribution < 1.29 is 13.9 Å². The van der Waals surface area contributed by atoms with E-state index in [2.05, 4.69) is 27.8 Å². The fraction of sp³-hybridized carbons (Fsp3) is 0.308. The smallest absolute Gasteiger partial charge is 0.330 e. The number of carbonyl (C=O) groups is 1. The number of nitrogens with one attached hydrogen (secondary N) is 1. The summed E-state index contributed by atoms with van der Waals surface area (Å²) in [6, 6.07) is 4.16. The van der Waals surface area contributed by atoms with Crippen LogP contribution in [-0.4, -0.2) is 19.6 Å². The SMILES string of the molecule is C=CCNC(C)(C(=O)OC)c1ccc(F)cc1Br. The quantitative estimate of drug-likeness (QED) is 0.670. The minimum Gasteiger partial charge on any atom is -0.467 e. The highest BCUT2D eigenvalue weighted by Gasteiger charge is 2.37. The molecule has 0 bridgehead atoms. The zero-order valence-corrected chi connectivity index (χ0v) is 11.9. The number of ether oxygens (including phenoxy) is 1. The molecule has 1 aromatic rings. The molecule has 0 aliphatic rings. The van der Waals surface area contributed by atoms with Gasteiger partial charge in [0.1, 0.15) is 11.4 Å². The fourth-order valence-electron chi connectivity index (χ4n) is 1.65. The molecule has 0 heterocycles. The molecule has 1 unspecified atom stereocenters. The van der Waals surface area contributed by atoms with Crippen molar-refractivity contribution in [1.29, 1.82) is 0 Å². The first-order valence-electron chi connectivity index (χ1n) is 5.35. The number of esters is 1. The van der Waals surface area contributed by atoms with Crippen LogP contribution in [0.4, 0.5) is 4.39 Å². The van der Waals surface area contributed by atoms with E-state index in [1.165, 1.54) is 19.2 Å². The summed E-state index contributed by atoms with van der Waals surface area (Å²) in [5, 5.41) is 3.03. The van der Waals surface area contributed by atoms with E-state index in [0.717, 1.165) is 0 Å². The monoisotopic (exact) mass is 315 g/mol. The van der Waals surface area contributed by atoms with Crippen LogP contribution in [0.1, 0.15) is 12.5 Å². The Balaban J connectivity index is 3.24. The molecule has 1 rings (SSSR count). The van der Waals surface area contributed by atoms with E-state index < -0.39 is 11.5 Å². The number of benzene rings is 1. The van der Waals surface area contributed by atoms with Gasteiger partial charge in [-0.25, -0.2) is 9.18 Å². The third-order valence-corrected chi connectivity index (χ3v) is 3.32. The van der Waals surface area contributed by atoms with Gasteiger partial charge >= 0.3 is 5.97 Å². The van der Waals surface area contributed by atoms with Crippen molar-refractivity contribution in [1.82, 2.24) is 5.32 Å². The Kier molecular flexibility index (Phi) is 5.04. The maximum absolute atomic E-state index is 13.1. The maximum atomic E-state index is 13.1. The average molecular weight is 316 g/mol. The summed E-state index contributed by atoms with van der Waals surface area (Å²) in [5.74, 6) is -0.821. The molecule has 0 aliphatic carbocycles. The zero-order valence-electron chi connectivity index (χ0n) is 10.3. The summed E-state index contributed by atoms with van der Waals surface area (Å²) in [6.07, 6.45) is 1.64. The van der Waals surface area contributed by atoms with Crippen molar-refractivity contribution >= 4 is 21.9 Å². The number of hydrogen-bond donors (Lipinski definition) is 1. The van der Waals surface area contributed by atoms with E-state index in [9.17, 15) is 9.18 Å². The van der Waals surface area contributed by atoms with E-state index in [-0.39, 0.29) is 5.82 Å². The first-order chi connectivity index (χ1) is 8.45. The lowest BCUT2D eigenvalue weighted by Crippen LogP contribution is -2.47. The van der Waals surface area contributed by atoms with Gasteiger partial charge in [-0.3, -0.25) is 5.32 Å². The van der Waals surface area contributed by atoms with E-state index in [1.807, 2.05) is 0 Å². The highest BCUT2D eigenvalue weighted by atomic mass is 79.9. The number of methoxy groups -OCH3 is 1. The highest BCUT2D eigenvalue weighted by Crippen LogP contribution is 2.30. The lowest BCUT2D eigenvalue weighted by molar-refractivity contribution is -0.148. The van der Waals surface area contributed by atoms with Crippen LogP contribution in [0.25, 0.3) is 0 Å². The molecule has 3 nitrogen and oxygen atoms in total. The lowest BCUT2D eigenvalue weighted by Gasteiger charge is -2.29. The summed E-state index contributed by atoms with van der Waals surface area (Å²) >= 11 is 3.26. The molecular weight excluding hydrogens is 301 g/mol. The Morgan fingerprint density at radius 2 is 2.33 bits per heavy atom. The van der Waals surface area contributed by atoms with E-state index >= 15 is 0 Å². The molecule has 0 radical (unpaired) electrons. The Hall–Kier alpha value is -1.20. The van der Waals surface area contributed by atoms with E-state index in [1.54, 1.807) is 19.1 Å². The van der Waals surface area contributed by atoms with Gasteiger partial charge in [0.15, 0.2) is 0 Å². The largest absolute Gasteiger partial charge is 0.467 e. The Morgan fingerprint density at radius 3 is 2.83 bits per heavy atom. The number of carbonyl (C=O) groups excluding carboxylic acids is 1. The van der Waals surface area contributed by atoms with Crippen molar-refractivity contribution in [3.63, 3.8) is 0 Å². The van der Waals surface area contributed by atoms with Crippen LogP contribution in [0.15, 0.2) is 35.3 Å². The third-order valence-electron chi connectivity index (χ3n) is 2.66. The first-order valence-corrected chi connectivity index (χ1v) is 6.15. The summed E-state index contributed by atoms with van der Waals surface area (Å²) in [5.41, 5.74) is -0.451. The molecule has 18 heavy (non-hydrogen) atoms. The Bertz CT molecular complexity index is 464. The summed E-state index contributed by atoms with van der Waals surface area (Å²) in [4.78, 5) is 11.9. The van der Waals surface area contributed by atoms with Gasteiger partial charge in [-0.1, -0.05) is 28.1 Å². The summed E-state index contributed by atoms with van der Waals surface area (Å²) < 4.78 is 18.4. The second-order valence-electron chi connectivity index (χ2n) is 3.91. The van der Waals surface area contributed by atoms with Gasteiger partial charge in [0.25, 0.3) is 0 Å². The highest BCUT2D eigenvalue weighted by molar-refractivity contribution is 9.10. The summed E-state index contributed by atoms with van der Waals surface area (Å²) in [6.45, 7) is 5.70. The van der Waals surface area contributed by atoms with Crippen LogP contribution in [0.5, 0.6) is 0 Å². The third kappa shape index (κ3) is 2.97. The van der Waals surface area contributed by atoms with Gasteiger partial charge in [0.2, 0.25) is 0 Å². The van der Waals surface area contributed by atoms with Crippen LogP contribution < -0.4 is 5.32 Å².